The maximum absolute atomic E-state index is 13.6. The van der Waals surface area contributed by atoms with Gasteiger partial charge in [-0.25, -0.2) is 4.39 Å². The summed E-state index contributed by atoms with van der Waals surface area (Å²) in [4.78, 5) is 14.1. The lowest BCUT2D eigenvalue weighted by Crippen LogP contribution is -2.56. The summed E-state index contributed by atoms with van der Waals surface area (Å²) in [5, 5.41) is 0. The van der Waals surface area contributed by atoms with E-state index in [4.69, 9.17) is 5.73 Å². The van der Waals surface area contributed by atoms with E-state index in [2.05, 4.69) is 15.9 Å². The van der Waals surface area contributed by atoms with Crippen LogP contribution in [0.15, 0.2) is 22.7 Å². The van der Waals surface area contributed by atoms with E-state index in [9.17, 15) is 9.18 Å². The zero-order chi connectivity index (χ0) is 15.1. The molecule has 0 bridgehead atoms. The molecule has 0 aromatic heterocycles. The Morgan fingerprint density at radius 3 is 2.65 bits per heavy atom. The van der Waals surface area contributed by atoms with Crippen LogP contribution in [0.4, 0.5) is 4.39 Å². The Hall–Kier alpha value is -0.940. The minimum absolute atomic E-state index is 0.0698. The van der Waals surface area contributed by atoms with E-state index in [0.717, 1.165) is 10.0 Å². The first-order valence-corrected chi connectivity index (χ1v) is 7.54. The van der Waals surface area contributed by atoms with Crippen molar-refractivity contribution >= 4 is 21.8 Å². The number of benzene rings is 1. The average molecular weight is 343 g/mol. The first-order valence-electron chi connectivity index (χ1n) is 6.74. The van der Waals surface area contributed by atoms with Gasteiger partial charge in [-0.05, 0) is 51.0 Å². The topological polar surface area (TPSA) is 46.3 Å². The molecule has 1 aliphatic heterocycles. The third-order valence-electron chi connectivity index (χ3n) is 3.64. The van der Waals surface area contributed by atoms with Gasteiger partial charge in [-0.15, -0.1) is 0 Å². The monoisotopic (exact) mass is 342 g/mol. The van der Waals surface area contributed by atoms with Gasteiger partial charge in [-0.2, -0.15) is 0 Å². The van der Waals surface area contributed by atoms with E-state index in [-0.39, 0.29) is 29.3 Å². The number of amides is 1. The molecule has 1 saturated heterocycles. The van der Waals surface area contributed by atoms with E-state index in [0.29, 0.717) is 12.8 Å². The van der Waals surface area contributed by atoms with Gasteiger partial charge in [0.25, 0.3) is 0 Å². The summed E-state index contributed by atoms with van der Waals surface area (Å²) >= 11 is 3.45. The minimum atomic E-state index is -0.356. The number of halogens is 2. The molecule has 5 heteroatoms. The van der Waals surface area contributed by atoms with Crippen molar-refractivity contribution in [3.8, 4) is 0 Å². The molecule has 0 radical (unpaired) electrons. The molecule has 2 N–H and O–H groups in total. The van der Waals surface area contributed by atoms with Crippen molar-refractivity contribution in [1.82, 2.24) is 4.90 Å². The molecule has 3 nitrogen and oxygen atoms in total. The van der Waals surface area contributed by atoms with Gasteiger partial charge in [-0.3, -0.25) is 4.79 Å². The molecule has 20 heavy (non-hydrogen) atoms. The smallest absolute Gasteiger partial charge is 0.223 e. The molecule has 1 aromatic rings. The first kappa shape index (κ1) is 15.4. The van der Waals surface area contributed by atoms with E-state index < -0.39 is 0 Å². The lowest BCUT2D eigenvalue weighted by molar-refractivity contribution is -0.144. The van der Waals surface area contributed by atoms with Crippen LogP contribution >= 0.6 is 15.9 Å². The highest BCUT2D eigenvalue weighted by atomic mass is 79.9. The fraction of sp³-hybridized carbons (Fsp3) is 0.533. The number of hydrogen-bond acceptors (Lipinski definition) is 2. The SMILES string of the molecule is CC(C)(C)N1C(=O)CCC(N)C1c1cc(F)ccc1Br. The Balaban J connectivity index is 2.53. The molecule has 1 amide bonds. The number of carbonyl (C=O) groups is 1. The molecule has 2 rings (SSSR count). The maximum Gasteiger partial charge on any atom is 0.223 e. The van der Waals surface area contributed by atoms with Gasteiger partial charge in [0.2, 0.25) is 5.91 Å². The molecule has 1 fully saturated rings. The molecular formula is C15H20BrFN2O. The van der Waals surface area contributed by atoms with Crippen molar-refractivity contribution in [1.29, 1.82) is 0 Å². The summed E-state index contributed by atoms with van der Waals surface area (Å²) < 4.78 is 14.4. The van der Waals surface area contributed by atoms with Crippen molar-refractivity contribution < 1.29 is 9.18 Å². The van der Waals surface area contributed by atoms with Crippen molar-refractivity contribution in [2.75, 3.05) is 0 Å². The summed E-state index contributed by atoms with van der Waals surface area (Å²) in [7, 11) is 0. The molecule has 2 atom stereocenters. The van der Waals surface area contributed by atoms with Crippen LogP contribution in [-0.2, 0) is 4.79 Å². The largest absolute Gasteiger partial charge is 0.329 e. The number of nitrogens with zero attached hydrogens (tertiary/aromatic N) is 1. The molecule has 0 spiro atoms. The number of hydrogen-bond donors (Lipinski definition) is 1. The van der Waals surface area contributed by atoms with Crippen LogP contribution in [0.2, 0.25) is 0 Å². The fourth-order valence-corrected chi connectivity index (χ4v) is 3.30. The standard InChI is InChI=1S/C15H20BrFN2O/c1-15(2,3)19-13(20)7-6-12(18)14(19)10-8-9(17)4-5-11(10)16/h4-5,8,12,14H,6-7,18H2,1-3H3. The highest BCUT2D eigenvalue weighted by molar-refractivity contribution is 9.10. The second-order valence-corrected chi connectivity index (χ2v) is 7.10. The molecular weight excluding hydrogens is 323 g/mol. The van der Waals surface area contributed by atoms with Crippen LogP contribution in [0.5, 0.6) is 0 Å². The van der Waals surface area contributed by atoms with Crippen LogP contribution < -0.4 is 5.73 Å². The first-order chi connectivity index (χ1) is 9.21. The number of rotatable bonds is 1. The summed E-state index contributed by atoms with van der Waals surface area (Å²) in [6, 6.07) is 4.03. The van der Waals surface area contributed by atoms with Gasteiger partial charge < -0.3 is 10.6 Å². The summed E-state index contributed by atoms with van der Waals surface area (Å²) in [6.45, 7) is 5.93. The Kier molecular flexibility index (Phi) is 4.21. The highest BCUT2D eigenvalue weighted by Crippen LogP contribution is 2.39. The zero-order valence-electron chi connectivity index (χ0n) is 12.0. The van der Waals surface area contributed by atoms with Gasteiger partial charge >= 0.3 is 0 Å². The molecule has 1 aliphatic rings. The lowest BCUT2D eigenvalue weighted by Gasteiger charge is -2.47. The Morgan fingerprint density at radius 2 is 2.05 bits per heavy atom. The second-order valence-electron chi connectivity index (χ2n) is 6.25. The summed E-state index contributed by atoms with van der Waals surface area (Å²) in [6.07, 6.45) is 1.07. The third kappa shape index (κ3) is 2.88. The van der Waals surface area contributed by atoms with Gasteiger partial charge in [0.1, 0.15) is 5.82 Å². The summed E-state index contributed by atoms with van der Waals surface area (Å²) in [5.41, 5.74) is 6.62. The van der Waals surface area contributed by atoms with Gasteiger partial charge in [0.05, 0.1) is 6.04 Å². The van der Waals surface area contributed by atoms with E-state index in [1.807, 2.05) is 20.8 Å². The van der Waals surface area contributed by atoms with Gasteiger partial charge in [-0.1, -0.05) is 15.9 Å². The van der Waals surface area contributed by atoms with Crippen molar-refractivity contribution in [2.45, 2.75) is 51.2 Å². The van der Waals surface area contributed by atoms with Crippen molar-refractivity contribution in [3.63, 3.8) is 0 Å². The molecule has 1 heterocycles. The molecule has 0 aliphatic carbocycles. The van der Waals surface area contributed by atoms with Gasteiger partial charge in [0.15, 0.2) is 0 Å². The predicted octanol–water partition coefficient (Wildman–Crippen LogP) is 3.38. The number of nitrogens with two attached hydrogens (primary N) is 1. The Labute approximate surface area is 127 Å². The molecule has 110 valence electrons. The molecule has 1 aromatic carbocycles. The van der Waals surface area contributed by atoms with Crippen molar-refractivity contribution in [2.24, 2.45) is 5.73 Å². The third-order valence-corrected chi connectivity index (χ3v) is 4.37. The predicted molar refractivity (Wildman–Crippen MR) is 80.6 cm³/mol. The second kappa shape index (κ2) is 5.45. The van der Waals surface area contributed by atoms with Crippen LogP contribution in [0, 0.1) is 5.82 Å². The fourth-order valence-electron chi connectivity index (χ4n) is 2.82. The van der Waals surface area contributed by atoms with E-state index in [1.165, 1.54) is 12.1 Å². The average Bonchev–Trinajstić information content (AvgIpc) is 2.33. The number of piperidine rings is 1. The van der Waals surface area contributed by atoms with Gasteiger partial charge in [0, 0.05) is 22.5 Å². The zero-order valence-corrected chi connectivity index (χ0v) is 13.6. The van der Waals surface area contributed by atoms with Crippen molar-refractivity contribution in [3.05, 3.63) is 34.1 Å². The quantitative estimate of drug-likeness (QED) is 0.850. The van der Waals surface area contributed by atoms with E-state index >= 15 is 0 Å². The summed E-state index contributed by atoms with van der Waals surface area (Å²) in [5.74, 6) is -0.248. The Morgan fingerprint density at radius 1 is 1.40 bits per heavy atom. The molecule has 2 unspecified atom stereocenters. The van der Waals surface area contributed by atoms with E-state index in [1.54, 1.807) is 11.0 Å². The number of likely N-dealkylation sites (tertiary alicyclic amines) is 1. The molecule has 0 saturated carbocycles. The maximum atomic E-state index is 13.6. The van der Waals surface area contributed by atoms with Crippen LogP contribution in [0.3, 0.4) is 0 Å². The normalized spacial score (nSPS) is 24.1. The van der Waals surface area contributed by atoms with Crippen LogP contribution in [0.25, 0.3) is 0 Å². The lowest BCUT2D eigenvalue weighted by atomic mass is 9.86. The number of carbonyl (C=O) groups excluding carboxylic acids is 1. The van der Waals surface area contributed by atoms with Crippen LogP contribution in [-0.4, -0.2) is 22.4 Å². The van der Waals surface area contributed by atoms with Crippen LogP contribution in [0.1, 0.15) is 45.2 Å². The Bertz CT molecular complexity index is 527. The highest BCUT2D eigenvalue weighted by Gasteiger charge is 2.41. The minimum Gasteiger partial charge on any atom is -0.329 e.